The molecule has 0 aliphatic carbocycles. The summed E-state index contributed by atoms with van der Waals surface area (Å²) in [6.07, 6.45) is 1.36. The Balaban J connectivity index is 0.00000225. The normalized spacial score (nSPS) is 16.0. The Morgan fingerprint density at radius 3 is 2.60 bits per heavy atom. The number of hydrogen-bond donors (Lipinski definition) is 2. The molecule has 2 aromatic carbocycles. The summed E-state index contributed by atoms with van der Waals surface area (Å²) in [5.41, 5.74) is 5.35. The number of ether oxygens (including phenoxy) is 2. The molecule has 0 aromatic heterocycles. The van der Waals surface area contributed by atoms with E-state index in [1.807, 2.05) is 30.3 Å². The fourth-order valence-corrected chi connectivity index (χ4v) is 3.06. The molecule has 0 saturated carbocycles. The second kappa shape index (κ2) is 9.04. The van der Waals surface area contributed by atoms with Crippen LogP contribution < -0.4 is 15.8 Å². The fraction of sp³-hybridized carbons (Fsp3) is 0.421. The largest absolute Gasteiger partial charge is 0.492 e. The summed E-state index contributed by atoms with van der Waals surface area (Å²) in [5.74, 6) is 0.818. The number of amides is 1. The molecule has 0 unspecified atom stereocenters. The van der Waals surface area contributed by atoms with Crippen LogP contribution in [0, 0.1) is 5.41 Å². The SMILES string of the molecule is Cl.NCC1(C(=O)NCCOc2ccc3ccccc3c2)CCOCC1. The maximum Gasteiger partial charge on any atom is 0.227 e. The van der Waals surface area contributed by atoms with Crippen molar-refractivity contribution in [3.05, 3.63) is 42.5 Å². The standard InChI is InChI=1S/C19H24N2O3.ClH/c20-14-19(7-10-23-11-8-19)18(22)21-9-12-24-17-6-5-15-3-1-2-4-16(15)13-17;/h1-6,13H,7-12,14,20H2,(H,21,22);1H. The van der Waals surface area contributed by atoms with Gasteiger partial charge in [0.05, 0.1) is 12.0 Å². The minimum absolute atomic E-state index is 0. The highest BCUT2D eigenvalue weighted by Gasteiger charge is 2.38. The van der Waals surface area contributed by atoms with Crippen molar-refractivity contribution >= 4 is 29.1 Å². The molecule has 0 radical (unpaired) electrons. The van der Waals surface area contributed by atoms with Crippen molar-refractivity contribution in [2.24, 2.45) is 11.1 Å². The van der Waals surface area contributed by atoms with Crippen LogP contribution in [-0.4, -0.2) is 38.8 Å². The monoisotopic (exact) mass is 364 g/mol. The highest BCUT2D eigenvalue weighted by Crippen LogP contribution is 2.29. The summed E-state index contributed by atoms with van der Waals surface area (Å²) in [7, 11) is 0. The van der Waals surface area contributed by atoms with E-state index in [0.29, 0.717) is 45.8 Å². The van der Waals surface area contributed by atoms with Gasteiger partial charge in [0.25, 0.3) is 0 Å². The van der Waals surface area contributed by atoms with Crippen molar-refractivity contribution in [3.8, 4) is 5.75 Å². The van der Waals surface area contributed by atoms with Gasteiger partial charge in [0.1, 0.15) is 12.4 Å². The van der Waals surface area contributed by atoms with E-state index in [1.165, 1.54) is 5.39 Å². The third-order valence-corrected chi connectivity index (χ3v) is 4.70. The predicted octanol–water partition coefficient (Wildman–Crippen LogP) is 2.51. The molecule has 3 N–H and O–H groups in total. The molecular weight excluding hydrogens is 340 g/mol. The summed E-state index contributed by atoms with van der Waals surface area (Å²) in [4.78, 5) is 12.4. The number of carbonyl (C=O) groups is 1. The molecule has 5 nitrogen and oxygen atoms in total. The Hall–Kier alpha value is -1.82. The zero-order valence-electron chi connectivity index (χ0n) is 14.2. The Morgan fingerprint density at radius 2 is 1.88 bits per heavy atom. The second-order valence-corrected chi connectivity index (χ2v) is 6.21. The van der Waals surface area contributed by atoms with Crippen molar-refractivity contribution in [1.82, 2.24) is 5.32 Å². The number of fused-ring (bicyclic) bond motifs is 1. The Labute approximate surface area is 154 Å². The van der Waals surface area contributed by atoms with Crippen molar-refractivity contribution < 1.29 is 14.3 Å². The van der Waals surface area contributed by atoms with Crippen LogP contribution in [0.15, 0.2) is 42.5 Å². The molecule has 0 bridgehead atoms. The Kier molecular flexibility index (Phi) is 7.05. The summed E-state index contributed by atoms with van der Waals surface area (Å²) in [5, 5.41) is 5.28. The summed E-state index contributed by atoms with van der Waals surface area (Å²) >= 11 is 0. The fourth-order valence-electron chi connectivity index (χ4n) is 3.06. The first kappa shape index (κ1) is 19.5. The van der Waals surface area contributed by atoms with Crippen LogP contribution in [0.2, 0.25) is 0 Å². The van der Waals surface area contributed by atoms with Crippen LogP contribution in [0.1, 0.15) is 12.8 Å². The van der Waals surface area contributed by atoms with E-state index in [-0.39, 0.29) is 18.3 Å². The number of rotatable bonds is 6. The zero-order valence-corrected chi connectivity index (χ0v) is 15.0. The number of hydrogen-bond acceptors (Lipinski definition) is 4. The average molecular weight is 365 g/mol. The Morgan fingerprint density at radius 1 is 1.16 bits per heavy atom. The number of carbonyl (C=O) groups excluding carboxylic acids is 1. The maximum absolute atomic E-state index is 12.4. The number of nitrogens with two attached hydrogens (primary N) is 1. The van der Waals surface area contributed by atoms with Crippen molar-refractivity contribution in [2.45, 2.75) is 12.8 Å². The second-order valence-electron chi connectivity index (χ2n) is 6.21. The van der Waals surface area contributed by atoms with Crippen LogP contribution in [0.5, 0.6) is 5.75 Å². The first-order valence-corrected chi connectivity index (χ1v) is 8.41. The van der Waals surface area contributed by atoms with E-state index in [4.69, 9.17) is 15.2 Å². The molecule has 1 fully saturated rings. The molecule has 1 saturated heterocycles. The van der Waals surface area contributed by atoms with E-state index in [9.17, 15) is 4.79 Å². The van der Waals surface area contributed by atoms with E-state index < -0.39 is 5.41 Å². The van der Waals surface area contributed by atoms with E-state index in [1.54, 1.807) is 0 Å². The van der Waals surface area contributed by atoms with Crippen LogP contribution >= 0.6 is 12.4 Å². The molecule has 2 aromatic rings. The van der Waals surface area contributed by atoms with Gasteiger partial charge in [0.2, 0.25) is 5.91 Å². The third kappa shape index (κ3) is 4.63. The number of nitrogens with one attached hydrogen (secondary N) is 1. The van der Waals surface area contributed by atoms with Gasteiger partial charge in [-0.3, -0.25) is 4.79 Å². The molecule has 1 amide bonds. The van der Waals surface area contributed by atoms with Gasteiger partial charge in [0.15, 0.2) is 0 Å². The first-order chi connectivity index (χ1) is 11.7. The average Bonchev–Trinajstić information content (AvgIpc) is 2.65. The predicted molar refractivity (Wildman–Crippen MR) is 101 cm³/mol. The van der Waals surface area contributed by atoms with Crippen LogP contribution in [-0.2, 0) is 9.53 Å². The van der Waals surface area contributed by atoms with Gasteiger partial charge in [0, 0.05) is 19.8 Å². The van der Waals surface area contributed by atoms with Crippen molar-refractivity contribution in [3.63, 3.8) is 0 Å². The van der Waals surface area contributed by atoms with Crippen molar-refractivity contribution in [1.29, 1.82) is 0 Å². The lowest BCUT2D eigenvalue weighted by atomic mass is 9.79. The van der Waals surface area contributed by atoms with Gasteiger partial charge in [-0.1, -0.05) is 30.3 Å². The summed E-state index contributed by atoms with van der Waals surface area (Å²) in [6, 6.07) is 14.1. The van der Waals surface area contributed by atoms with Gasteiger partial charge >= 0.3 is 0 Å². The van der Waals surface area contributed by atoms with Gasteiger partial charge in [-0.15, -0.1) is 12.4 Å². The quantitative estimate of drug-likeness (QED) is 0.772. The molecule has 25 heavy (non-hydrogen) atoms. The minimum Gasteiger partial charge on any atom is -0.492 e. The zero-order chi connectivity index (χ0) is 16.8. The van der Waals surface area contributed by atoms with Gasteiger partial charge in [-0.2, -0.15) is 0 Å². The molecule has 1 aliphatic heterocycles. The lowest BCUT2D eigenvalue weighted by Crippen LogP contribution is -2.49. The summed E-state index contributed by atoms with van der Waals surface area (Å²) < 4.78 is 11.1. The molecule has 136 valence electrons. The third-order valence-electron chi connectivity index (χ3n) is 4.70. The van der Waals surface area contributed by atoms with E-state index in [0.717, 1.165) is 11.1 Å². The van der Waals surface area contributed by atoms with Gasteiger partial charge < -0.3 is 20.5 Å². The lowest BCUT2D eigenvalue weighted by molar-refractivity contribution is -0.136. The van der Waals surface area contributed by atoms with Crippen molar-refractivity contribution in [2.75, 3.05) is 32.9 Å². The minimum atomic E-state index is -0.485. The topological polar surface area (TPSA) is 73.6 Å². The van der Waals surface area contributed by atoms with E-state index >= 15 is 0 Å². The molecule has 0 atom stereocenters. The molecule has 0 spiro atoms. The lowest BCUT2D eigenvalue weighted by Gasteiger charge is -2.34. The van der Waals surface area contributed by atoms with Crippen LogP contribution in [0.3, 0.4) is 0 Å². The van der Waals surface area contributed by atoms with Gasteiger partial charge in [-0.25, -0.2) is 0 Å². The molecule has 1 heterocycles. The molecular formula is C19H25ClN2O3. The number of benzene rings is 2. The molecule has 3 rings (SSSR count). The summed E-state index contributed by atoms with van der Waals surface area (Å²) in [6.45, 7) is 2.44. The Bertz CT molecular complexity index is 702. The molecule has 6 heteroatoms. The van der Waals surface area contributed by atoms with Crippen LogP contribution in [0.25, 0.3) is 10.8 Å². The highest BCUT2D eigenvalue weighted by molar-refractivity contribution is 5.85. The highest BCUT2D eigenvalue weighted by atomic mass is 35.5. The van der Waals surface area contributed by atoms with E-state index in [2.05, 4.69) is 17.4 Å². The molecule has 1 aliphatic rings. The smallest absolute Gasteiger partial charge is 0.227 e. The number of halogens is 1. The van der Waals surface area contributed by atoms with Crippen LogP contribution in [0.4, 0.5) is 0 Å². The van der Waals surface area contributed by atoms with Gasteiger partial charge in [-0.05, 0) is 35.7 Å². The maximum atomic E-state index is 12.4. The first-order valence-electron chi connectivity index (χ1n) is 8.41.